The van der Waals surface area contributed by atoms with E-state index in [0.717, 1.165) is 40.7 Å². The third kappa shape index (κ3) is 5.46. The first-order chi connectivity index (χ1) is 14.4. The second kappa shape index (κ2) is 9.55. The number of nitriles is 1. The number of nitrogens with one attached hydrogen (secondary N) is 3. The highest BCUT2D eigenvalue weighted by molar-refractivity contribution is 7.80. The van der Waals surface area contributed by atoms with Crippen molar-refractivity contribution < 1.29 is 0 Å². The number of hydrogen-bond acceptors (Lipinski definition) is 4. The standard InChI is InChI=1S/C24H27N5S/c1-15-8-16(2)11-20(10-15)28-24(30)27-7-5-6-26-23-19(14-25)13-21-18(4)9-17(3)12-22(21)29-23/h8-13H,5-7H2,1-4H3,(H,26,29)(H2,27,28,30). The summed E-state index contributed by atoms with van der Waals surface area (Å²) in [5.74, 6) is 0.630. The third-order valence-corrected chi connectivity index (χ3v) is 5.06. The van der Waals surface area contributed by atoms with Crippen LogP contribution in [0.1, 0.15) is 34.2 Å². The van der Waals surface area contributed by atoms with Gasteiger partial charge in [-0.3, -0.25) is 0 Å². The molecule has 2 aromatic carbocycles. The summed E-state index contributed by atoms with van der Waals surface area (Å²) in [4.78, 5) is 4.68. The van der Waals surface area contributed by atoms with Gasteiger partial charge < -0.3 is 16.0 Å². The van der Waals surface area contributed by atoms with E-state index in [1.54, 1.807) is 0 Å². The second-order valence-corrected chi connectivity index (χ2v) is 8.09. The van der Waals surface area contributed by atoms with Crippen molar-refractivity contribution in [1.82, 2.24) is 10.3 Å². The molecular formula is C24H27N5S. The van der Waals surface area contributed by atoms with Crippen LogP contribution in [0.25, 0.3) is 10.9 Å². The normalized spacial score (nSPS) is 10.5. The second-order valence-electron chi connectivity index (χ2n) is 7.68. The minimum absolute atomic E-state index is 0.564. The molecule has 1 aromatic heterocycles. The fourth-order valence-electron chi connectivity index (χ4n) is 3.57. The molecule has 0 radical (unpaired) electrons. The predicted octanol–water partition coefficient (Wildman–Crippen LogP) is 5.13. The summed E-state index contributed by atoms with van der Waals surface area (Å²) in [5, 5.41) is 20.9. The smallest absolute Gasteiger partial charge is 0.170 e. The maximum atomic E-state index is 9.51. The molecule has 0 unspecified atom stereocenters. The van der Waals surface area contributed by atoms with E-state index in [1.807, 2.05) is 19.1 Å². The third-order valence-electron chi connectivity index (χ3n) is 4.82. The number of thiocarbonyl (C=S) groups is 1. The number of aromatic nitrogens is 1. The Morgan fingerprint density at radius 3 is 2.37 bits per heavy atom. The zero-order valence-corrected chi connectivity index (χ0v) is 18.7. The first kappa shape index (κ1) is 21.5. The lowest BCUT2D eigenvalue weighted by atomic mass is 10.0. The molecule has 3 rings (SSSR count). The molecule has 3 aromatic rings. The van der Waals surface area contributed by atoms with Gasteiger partial charge in [-0.15, -0.1) is 0 Å². The van der Waals surface area contributed by atoms with Gasteiger partial charge >= 0.3 is 0 Å². The molecule has 0 saturated heterocycles. The largest absolute Gasteiger partial charge is 0.369 e. The summed E-state index contributed by atoms with van der Waals surface area (Å²) in [6, 6.07) is 14.6. The summed E-state index contributed by atoms with van der Waals surface area (Å²) >= 11 is 5.38. The van der Waals surface area contributed by atoms with Gasteiger partial charge in [0.2, 0.25) is 0 Å². The van der Waals surface area contributed by atoms with Crippen LogP contribution in [-0.4, -0.2) is 23.2 Å². The summed E-state index contributed by atoms with van der Waals surface area (Å²) in [6.07, 6.45) is 0.839. The van der Waals surface area contributed by atoms with Gasteiger partial charge in [-0.05, 0) is 92.9 Å². The number of benzene rings is 2. The first-order valence-corrected chi connectivity index (χ1v) is 10.5. The summed E-state index contributed by atoms with van der Waals surface area (Å²) in [6.45, 7) is 9.65. The van der Waals surface area contributed by atoms with E-state index in [0.29, 0.717) is 23.0 Å². The molecule has 0 amide bonds. The lowest BCUT2D eigenvalue weighted by Crippen LogP contribution is -2.30. The van der Waals surface area contributed by atoms with Crippen LogP contribution in [0.3, 0.4) is 0 Å². The Bertz CT molecular complexity index is 1110. The molecule has 30 heavy (non-hydrogen) atoms. The number of fused-ring (bicyclic) bond motifs is 1. The van der Waals surface area contributed by atoms with Crippen molar-refractivity contribution >= 4 is 39.7 Å². The van der Waals surface area contributed by atoms with Crippen LogP contribution >= 0.6 is 12.2 Å². The Morgan fingerprint density at radius 1 is 0.967 bits per heavy atom. The first-order valence-electron chi connectivity index (χ1n) is 10.0. The van der Waals surface area contributed by atoms with Gasteiger partial charge in [-0.1, -0.05) is 12.1 Å². The highest BCUT2D eigenvalue weighted by atomic mass is 32.1. The van der Waals surface area contributed by atoms with E-state index in [-0.39, 0.29) is 0 Å². The Labute approximate surface area is 183 Å². The number of hydrogen-bond donors (Lipinski definition) is 3. The molecule has 0 saturated carbocycles. The molecule has 5 nitrogen and oxygen atoms in total. The van der Waals surface area contributed by atoms with E-state index in [4.69, 9.17) is 12.2 Å². The van der Waals surface area contributed by atoms with E-state index in [1.165, 1.54) is 11.1 Å². The van der Waals surface area contributed by atoms with Gasteiger partial charge in [0.1, 0.15) is 11.9 Å². The molecule has 0 aliphatic carbocycles. The molecule has 154 valence electrons. The predicted molar refractivity (Wildman–Crippen MR) is 129 cm³/mol. The van der Waals surface area contributed by atoms with Crippen molar-refractivity contribution in [2.75, 3.05) is 23.7 Å². The lowest BCUT2D eigenvalue weighted by molar-refractivity contribution is 0.807. The van der Waals surface area contributed by atoms with E-state index in [9.17, 15) is 5.26 Å². The van der Waals surface area contributed by atoms with Crippen molar-refractivity contribution in [3.63, 3.8) is 0 Å². The maximum absolute atomic E-state index is 9.51. The summed E-state index contributed by atoms with van der Waals surface area (Å²) in [7, 11) is 0. The van der Waals surface area contributed by atoms with Crippen molar-refractivity contribution in [1.29, 1.82) is 5.26 Å². The molecular weight excluding hydrogens is 390 g/mol. The SMILES string of the molecule is Cc1cc(C)cc(NC(=S)NCCCNc2nc3cc(C)cc(C)c3cc2C#N)c1. The van der Waals surface area contributed by atoms with Gasteiger partial charge in [0, 0.05) is 24.2 Å². The van der Waals surface area contributed by atoms with Gasteiger partial charge in [-0.2, -0.15) is 5.26 Å². The van der Waals surface area contributed by atoms with Crippen LogP contribution < -0.4 is 16.0 Å². The molecule has 0 atom stereocenters. The zero-order chi connectivity index (χ0) is 21.7. The van der Waals surface area contributed by atoms with Crippen molar-refractivity contribution in [3.8, 4) is 6.07 Å². The van der Waals surface area contributed by atoms with E-state index in [2.05, 4.69) is 72.0 Å². The highest BCUT2D eigenvalue weighted by Crippen LogP contribution is 2.24. The van der Waals surface area contributed by atoms with Crippen LogP contribution in [0.15, 0.2) is 36.4 Å². The van der Waals surface area contributed by atoms with Crippen LogP contribution in [-0.2, 0) is 0 Å². The van der Waals surface area contributed by atoms with Gasteiger partial charge in [0.05, 0.1) is 11.1 Å². The van der Waals surface area contributed by atoms with E-state index >= 15 is 0 Å². The van der Waals surface area contributed by atoms with E-state index < -0.39 is 0 Å². The Balaban J connectivity index is 1.53. The monoisotopic (exact) mass is 417 g/mol. The fraction of sp³-hybridized carbons (Fsp3) is 0.292. The Hall–Kier alpha value is -3.17. The van der Waals surface area contributed by atoms with Gasteiger partial charge in [0.25, 0.3) is 0 Å². The molecule has 0 aliphatic heterocycles. The van der Waals surface area contributed by atoms with Crippen LogP contribution in [0.5, 0.6) is 0 Å². The molecule has 1 heterocycles. The van der Waals surface area contributed by atoms with Crippen molar-refractivity contribution in [3.05, 3.63) is 64.2 Å². The number of anilines is 2. The number of nitrogens with zero attached hydrogens (tertiary/aromatic N) is 2. The quantitative estimate of drug-likeness (QED) is 0.381. The summed E-state index contributed by atoms with van der Waals surface area (Å²) < 4.78 is 0. The number of aryl methyl sites for hydroxylation is 4. The summed E-state index contributed by atoms with van der Waals surface area (Å²) in [5.41, 5.74) is 7.16. The topological polar surface area (TPSA) is 72.8 Å². The lowest BCUT2D eigenvalue weighted by Gasteiger charge is -2.13. The molecule has 0 spiro atoms. The molecule has 6 heteroatoms. The maximum Gasteiger partial charge on any atom is 0.170 e. The minimum atomic E-state index is 0.564. The van der Waals surface area contributed by atoms with Crippen LogP contribution in [0.2, 0.25) is 0 Å². The van der Waals surface area contributed by atoms with Crippen LogP contribution in [0, 0.1) is 39.0 Å². The molecule has 3 N–H and O–H groups in total. The Kier molecular flexibility index (Phi) is 6.86. The fourth-order valence-corrected chi connectivity index (χ4v) is 3.79. The zero-order valence-electron chi connectivity index (χ0n) is 17.9. The number of pyridine rings is 1. The number of rotatable bonds is 6. The molecule has 0 fully saturated rings. The highest BCUT2D eigenvalue weighted by Gasteiger charge is 2.09. The van der Waals surface area contributed by atoms with Gasteiger partial charge in [0.15, 0.2) is 5.11 Å². The molecule has 0 aliphatic rings. The Morgan fingerprint density at radius 2 is 1.67 bits per heavy atom. The van der Waals surface area contributed by atoms with Crippen molar-refractivity contribution in [2.45, 2.75) is 34.1 Å². The average Bonchev–Trinajstić information content (AvgIpc) is 2.66. The van der Waals surface area contributed by atoms with Gasteiger partial charge in [-0.25, -0.2) is 4.98 Å². The molecule has 0 bridgehead atoms. The average molecular weight is 418 g/mol. The van der Waals surface area contributed by atoms with Crippen LogP contribution in [0.4, 0.5) is 11.5 Å². The minimum Gasteiger partial charge on any atom is -0.369 e. The van der Waals surface area contributed by atoms with Crippen molar-refractivity contribution in [2.24, 2.45) is 0 Å².